The number of ether oxygens (including phenoxy) is 1. The number of carbonyl (C=O) groups is 2. The minimum Gasteiger partial charge on any atom is -0.496 e. The Morgan fingerprint density at radius 2 is 2.09 bits per heavy atom. The number of para-hydroxylation sites is 1. The molecule has 1 heterocycles. The van der Waals surface area contributed by atoms with Crippen LogP contribution < -0.4 is 10.1 Å². The van der Waals surface area contributed by atoms with Crippen molar-refractivity contribution < 1.29 is 19.4 Å². The van der Waals surface area contributed by atoms with Gasteiger partial charge in [0.05, 0.1) is 7.11 Å². The molecule has 116 valence electrons. The molecular weight excluding hydrogens is 286 g/mol. The summed E-state index contributed by atoms with van der Waals surface area (Å²) in [5, 5.41) is 15.3. The molecule has 7 heteroatoms. The van der Waals surface area contributed by atoms with Crippen molar-refractivity contribution >= 4 is 17.7 Å². The molecule has 0 saturated carbocycles. The van der Waals surface area contributed by atoms with E-state index in [0.29, 0.717) is 12.2 Å². The first kappa shape index (κ1) is 15.6. The van der Waals surface area contributed by atoms with Gasteiger partial charge in [0.1, 0.15) is 12.3 Å². The number of anilines is 1. The molecule has 0 radical (unpaired) electrons. The van der Waals surface area contributed by atoms with E-state index in [1.54, 1.807) is 13.2 Å². The second-order valence-corrected chi connectivity index (χ2v) is 4.65. The number of nitrogens with zero attached hydrogens (tertiary/aromatic N) is 2. The van der Waals surface area contributed by atoms with Gasteiger partial charge >= 0.3 is 5.97 Å². The van der Waals surface area contributed by atoms with Crippen molar-refractivity contribution in [3.8, 4) is 5.75 Å². The topological polar surface area (TPSA) is 93.5 Å². The Kier molecular flexibility index (Phi) is 5.13. The van der Waals surface area contributed by atoms with Gasteiger partial charge in [-0.1, -0.05) is 18.2 Å². The minimum absolute atomic E-state index is 0.188. The highest BCUT2D eigenvalue weighted by Gasteiger charge is 2.09. The lowest BCUT2D eigenvalue weighted by Gasteiger charge is -2.07. The Bertz CT molecular complexity index is 666. The predicted molar refractivity (Wildman–Crippen MR) is 79.8 cm³/mol. The second-order valence-electron chi connectivity index (χ2n) is 4.65. The Morgan fingerprint density at radius 1 is 1.32 bits per heavy atom. The molecule has 2 rings (SSSR count). The molecule has 0 saturated heterocycles. The number of carboxylic acid groups (broad SMARTS) is 1. The third-order valence-corrected chi connectivity index (χ3v) is 3.02. The smallest absolute Gasteiger partial charge is 0.325 e. The summed E-state index contributed by atoms with van der Waals surface area (Å²) in [4.78, 5) is 22.5. The van der Waals surface area contributed by atoms with Gasteiger partial charge in [-0.2, -0.15) is 5.10 Å². The molecule has 0 spiro atoms. The number of benzene rings is 1. The molecule has 7 nitrogen and oxygen atoms in total. The first-order valence-corrected chi connectivity index (χ1v) is 6.75. The second kappa shape index (κ2) is 7.26. The van der Waals surface area contributed by atoms with E-state index in [-0.39, 0.29) is 18.9 Å². The summed E-state index contributed by atoms with van der Waals surface area (Å²) in [5.41, 5.74) is 0.955. The van der Waals surface area contributed by atoms with Gasteiger partial charge in [0.15, 0.2) is 5.82 Å². The van der Waals surface area contributed by atoms with E-state index in [9.17, 15) is 9.59 Å². The van der Waals surface area contributed by atoms with E-state index in [2.05, 4.69) is 10.4 Å². The third kappa shape index (κ3) is 4.34. The fourth-order valence-corrected chi connectivity index (χ4v) is 2.02. The van der Waals surface area contributed by atoms with Crippen LogP contribution in [0.5, 0.6) is 5.75 Å². The standard InChI is InChI=1S/C15H17N3O4/c1-22-12-5-3-2-4-11(12)6-7-14(19)16-13-8-9-18(17-13)10-15(20)21/h2-5,8-9H,6-7,10H2,1H3,(H,20,21)(H,16,17,19). The molecule has 2 N–H and O–H groups in total. The van der Waals surface area contributed by atoms with Crippen molar-refractivity contribution in [1.82, 2.24) is 9.78 Å². The molecule has 1 aromatic heterocycles. The molecule has 0 unspecified atom stereocenters. The minimum atomic E-state index is -0.989. The van der Waals surface area contributed by atoms with Crippen molar-refractivity contribution in [2.45, 2.75) is 19.4 Å². The van der Waals surface area contributed by atoms with E-state index < -0.39 is 5.97 Å². The molecule has 0 aliphatic carbocycles. The lowest BCUT2D eigenvalue weighted by atomic mass is 10.1. The van der Waals surface area contributed by atoms with Crippen LogP contribution in [-0.4, -0.2) is 33.9 Å². The first-order chi connectivity index (χ1) is 10.6. The highest BCUT2D eigenvalue weighted by molar-refractivity contribution is 5.89. The number of aromatic nitrogens is 2. The molecule has 0 aliphatic heterocycles. The number of amides is 1. The average Bonchev–Trinajstić information content (AvgIpc) is 2.91. The summed E-state index contributed by atoms with van der Waals surface area (Å²) in [6, 6.07) is 9.08. The number of nitrogens with one attached hydrogen (secondary N) is 1. The molecule has 0 fully saturated rings. The van der Waals surface area contributed by atoms with Crippen LogP contribution in [-0.2, 0) is 22.6 Å². The van der Waals surface area contributed by atoms with Gasteiger partial charge in [-0.3, -0.25) is 14.3 Å². The number of hydrogen-bond acceptors (Lipinski definition) is 4. The maximum Gasteiger partial charge on any atom is 0.325 e. The number of aryl methyl sites for hydroxylation is 1. The summed E-state index contributed by atoms with van der Waals surface area (Å²) in [7, 11) is 1.59. The SMILES string of the molecule is COc1ccccc1CCC(=O)Nc1ccn(CC(=O)O)n1. The maximum absolute atomic E-state index is 11.9. The van der Waals surface area contributed by atoms with Gasteiger partial charge in [-0.05, 0) is 18.1 Å². The summed E-state index contributed by atoms with van der Waals surface area (Å²) in [6.07, 6.45) is 2.34. The van der Waals surface area contributed by atoms with Crippen molar-refractivity contribution in [2.24, 2.45) is 0 Å². The molecule has 22 heavy (non-hydrogen) atoms. The zero-order valence-corrected chi connectivity index (χ0v) is 12.2. The van der Waals surface area contributed by atoms with E-state index in [1.807, 2.05) is 24.3 Å². The van der Waals surface area contributed by atoms with Crippen molar-refractivity contribution in [2.75, 3.05) is 12.4 Å². The van der Waals surface area contributed by atoms with Gasteiger partial charge < -0.3 is 15.2 Å². The largest absolute Gasteiger partial charge is 0.496 e. The number of aliphatic carboxylic acids is 1. The Morgan fingerprint density at radius 3 is 2.82 bits per heavy atom. The lowest BCUT2D eigenvalue weighted by molar-refractivity contribution is -0.137. The fourth-order valence-electron chi connectivity index (χ4n) is 2.02. The highest BCUT2D eigenvalue weighted by Crippen LogP contribution is 2.19. The van der Waals surface area contributed by atoms with Crippen LogP contribution in [0.2, 0.25) is 0 Å². The van der Waals surface area contributed by atoms with Crippen LogP contribution in [0.3, 0.4) is 0 Å². The van der Waals surface area contributed by atoms with Gasteiger partial charge in [-0.15, -0.1) is 0 Å². The normalized spacial score (nSPS) is 10.2. The molecule has 1 amide bonds. The Balaban J connectivity index is 1.87. The Labute approximate surface area is 127 Å². The monoisotopic (exact) mass is 303 g/mol. The summed E-state index contributed by atoms with van der Waals surface area (Å²) in [6.45, 7) is -0.239. The summed E-state index contributed by atoms with van der Waals surface area (Å²) in [5.74, 6) is -0.0871. The van der Waals surface area contributed by atoms with Crippen LogP contribution in [0.15, 0.2) is 36.5 Å². The Hall–Kier alpha value is -2.83. The van der Waals surface area contributed by atoms with E-state index in [1.165, 1.54) is 10.9 Å². The molecule has 0 aliphatic rings. The van der Waals surface area contributed by atoms with Gasteiger partial charge in [0, 0.05) is 18.7 Å². The number of rotatable bonds is 7. The van der Waals surface area contributed by atoms with Crippen LogP contribution in [0.4, 0.5) is 5.82 Å². The molecule has 2 aromatic rings. The van der Waals surface area contributed by atoms with Crippen LogP contribution in [0.1, 0.15) is 12.0 Å². The van der Waals surface area contributed by atoms with Crippen molar-refractivity contribution in [3.63, 3.8) is 0 Å². The zero-order chi connectivity index (χ0) is 15.9. The summed E-state index contributed by atoms with van der Waals surface area (Å²) >= 11 is 0. The molecule has 0 atom stereocenters. The maximum atomic E-state index is 11.9. The molecular formula is C15H17N3O4. The van der Waals surface area contributed by atoms with Crippen LogP contribution >= 0.6 is 0 Å². The average molecular weight is 303 g/mol. The quantitative estimate of drug-likeness (QED) is 0.809. The van der Waals surface area contributed by atoms with E-state index >= 15 is 0 Å². The van der Waals surface area contributed by atoms with Crippen molar-refractivity contribution in [3.05, 3.63) is 42.1 Å². The van der Waals surface area contributed by atoms with Crippen LogP contribution in [0, 0.1) is 0 Å². The highest BCUT2D eigenvalue weighted by atomic mass is 16.5. The van der Waals surface area contributed by atoms with Gasteiger partial charge in [0.25, 0.3) is 0 Å². The molecule has 1 aromatic carbocycles. The number of methoxy groups -OCH3 is 1. The fraction of sp³-hybridized carbons (Fsp3) is 0.267. The number of hydrogen-bond donors (Lipinski definition) is 2. The number of carboxylic acids is 1. The van der Waals surface area contributed by atoms with E-state index in [0.717, 1.165) is 11.3 Å². The first-order valence-electron chi connectivity index (χ1n) is 6.75. The van der Waals surface area contributed by atoms with Gasteiger partial charge in [-0.25, -0.2) is 0 Å². The third-order valence-electron chi connectivity index (χ3n) is 3.02. The molecule has 0 bridgehead atoms. The predicted octanol–water partition coefficient (Wildman–Crippen LogP) is 1.55. The van der Waals surface area contributed by atoms with Crippen LogP contribution in [0.25, 0.3) is 0 Å². The summed E-state index contributed by atoms with van der Waals surface area (Å²) < 4.78 is 6.48. The zero-order valence-electron chi connectivity index (χ0n) is 12.2. The van der Waals surface area contributed by atoms with Crippen molar-refractivity contribution in [1.29, 1.82) is 0 Å². The van der Waals surface area contributed by atoms with Gasteiger partial charge in [0.2, 0.25) is 5.91 Å². The lowest BCUT2D eigenvalue weighted by Crippen LogP contribution is -2.14. The number of carbonyl (C=O) groups excluding carboxylic acids is 1. The van der Waals surface area contributed by atoms with E-state index in [4.69, 9.17) is 9.84 Å².